The summed E-state index contributed by atoms with van der Waals surface area (Å²) in [5.74, 6) is -0.133. The zero-order valence-corrected chi connectivity index (χ0v) is 10.1. The molecule has 1 aliphatic rings. The maximum Gasteiger partial charge on any atom is 0.305 e. The van der Waals surface area contributed by atoms with E-state index in [4.69, 9.17) is 5.73 Å². The van der Waals surface area contributed by atoms with Gasteiger partial charge in [-0.3, -0.25) is 9.69 Å². The number of methoxy groups -OCH3 is 1. The second-order valence-electron chi connectivity index (χ2n) is 4.42. The lowest BCUT2D eigenvalue weighted by Gasteiger charge is -2.13. The van der Waals surface area contributed by atoms with Gasteiger partial charge in [0.1, 0.15) is 0 Å². The number of esters is 1. The number of fused-ring (bicyclic) bond motifs is 1. The summed E-state index contributed by atoms with van der Waals surface area (Å²) in [5, 5.41) is 0. The van der Waals surface area contributed by atoms with Crippen LogP contribution >= 0.6 is 0 Å². The minimum atomic E-state index is -0.133. The van der Waals surface area contributed by atoms with Gasteiger partial charge < -0.3 is 10.5 Å². The van der Waals surface area contributed by atoms with Gasteiger partial charge in [0.25, 0.3) is 0 Å². The van der Waals surface area contributed by atoms with Crippen LogP contribution in [-0.4, -0.2) is 24.5 Å². The Bertz CT molecular complexity index is 418. The van der Waals surface area contributed by atoms with E-state index >= 15 is 0 Å². The van der Waals surface area contributed by atoms with E-state index in [2.05, 4.69) is 15.7 Å². The molecular weight excluding hydrogens is 216 g/mol. The molecule has 4 nitrogen and oxygen atoms in total. The molecular formula is C13H18N2O2. The lowest BCUT2D eigenvalue weighted by molar-refractivity contribution is -0.140. The molecule has 1 aliphatic heterocycles. The van der Waals surface area contributed by atoms with Crippen molar-refractivity contribution in [2.24, 2.45) is 0 Å². The molecule has 2 N–H and O–H groups in total. The molecule has 0 amide bonds. The Morgan fingerprint density at radius 3 is 2.94 bits per heavy atom. The van der Waals surface area contributed by atoms with Gasteiger partial charge in [-0.1, -0.05) is 6.07 Å². The lowest BCUT2D eigenvalue weighted by Crippen LogP contribution is -2.18. The Kier molecular flexibility index (Phi) is 3.64. The number of benzene rings is 1. The van der Waals surface area contributed by atoms with Crippen molar-refractivity contribution in [3.63, 3.8) is 0 Å². The fraction of sp³-hybridized carbons (Fsp3) is 0.462. The molecule has 0 unspecified atom stereocenters. The van der Waals surface area contributed by atoms with E-state index in [0.717, 1.165) is 31.7 Å². The SMILES string of the molecule is COC(=O)CCCN1Cc2ccc(N)cc2C1. The maximum atomic E-state index is 11.0. The van der Waals surface area contributed by atoms with Gasteiger partial charge >= 0.3 is 5.97 Å². The lowest BCUT2D eigenvalue weighted by atomic mass is 10.1. The summed E-state index contributed by atoms with van der Waals surface area (Å²) >= 11 is 0. The number of hydrogen-bond acceptors (Lipinski definition) is 4. The highest BCUT2D eigenvalue weighted by Crippen LogP contribution is 2.24. The van der Waals surface area contributed by atoms with Crippen LogP contribution in [0.15, 0.2) is 18.2 Å². The van der Waals surface area contributed by atoms with Crippen LogP contribution in [0.2, 0.25) is 0 Å². The summed E-state index contributed by atoms with van der Waals surface area (Å²) in [6, 6.07) is 6.07. The summed E-state index contributed by atoms with van der Waals surface area (Å²) in [5.41, 5.74) is 9.23. The average Bonchev–Trinajstić information content (AvgIpc) is 2.70. The van der Waals surface area contributed by atoms with E-state index in [0.29, 0.717) is 6.42 Å². The number of carbonyl (C=O) groups excluding carboxylic acids is 1. The summed E-state index contributed by atoms with van der Waals surface area (Å²) in [4.78, 5) is 13.3. The number of nitrogens with two attached hydrogens (primary N) is 1. The molecule has 0 saturated heterocycles. The Balaban J connectivity index is 1.82. The Morgan fingerprint density at radius 1 is 1.41 bits per heavy atom. The van der Waals surface area contributed by atoms with Gasteiger partial charge in [-0.25, -0.2) is 0 Å². The van der Waals surface area contributed by atoms with Crippen LogP contribution in [0.5, 0.6) is 0 Å². The minimum Gasteiger partial charge on any atom is -0.469 e. The van der Waals surface area contributed by atoms with Crippen molar-refractivity contribution in [1.82, 2.24) is 4.90 Å². The Hall–Kier alpha value is -1.55. The maximum absolute atomic E-state index is 11.0. The topological polar surface area (TPSA) is 55.6 Å². The quantitative estimate of drug-likeness (QED) is 0.634. The molecule has 0 aliphatic carbocycles. The number of carbonyl (C=O) groups is 1. The molecule has 1 aromatic carbocycles. The summed E-state index contributed by atoms with van der Waals surface area (Å²) in [6.45, 7) is 2.81. The van der Waals surface area contributed by atoms with Crippen LogP contribution in [0, 0.1) is 0 Å². The van der Waals surface area contributed by atoms with Gasteiger partial charge in [-0.2, -0.15) is 0 Å². The van der Waals surface area contributed by atoms with E-state index in [9.17, 15) is 4.79 Å². The van der Waals surface area contributed by atoms with E-state index in [1.165, 1.54) is 18.2 Å². The van der Waals surface area contributed by atoms with Crippen molar-refractivity contribution in [3.8, 4) is 0 Å². The number of rotatable bonds is 4. The molecule has 2 rings (SSSR count). The first-order chi connectivity index (χ1) is 8.19. The second kappa shape index (κ2) is 5.19. The molecule has 0 saturated carbocycles. The van der Waals surface area contributed by atoms with Gasteiger partial charge in [-0.15, -0.1) is 0 Å². The number of hydrogen-bond donors (Lipinski definition) is 1. The van der Waals surface area contributed by atoms with Crippen LogP contribution in [0.1, 0.15) is 24.0 Å². The summed E-state index contributed by atoms with van der Waals surface area (Å²) in [7, 11) is 1.43. The number of ether oxygens (including phenoxy) is 1. The molecule has 0 spiro atoms. The summed E-state index contributed by atoms with van der Waals surface area (Å²) in [6.07, 6.45) is 1.33. The standard InChI is InChI=1S/C13H18N2O2/c1-17-13(16)3-2-6-15-8-10-4-5-12(14)7-11(10)9-15/h4-5,7H,2-3,6,8-9,14H2,1H3. The van der Waals surface area contributed by atoms with Crippen LogP contribution in [0.3, 0.4) is 0 Å². The molecule has 1 heterocycles. The van der Waals surface area contributed by atoms with Crippen LogP contribution in [-0.2, 0) is 22.6 Å². The Morgan fingerprint density at radius 2 is 2.18 bits per heavy atom. The third-order valence-corrected chi connectivity index (χ3v) is 3.10. The second-order valence-corrected chi connectivity index (χ2v) is 4.42. The fourth-order valence-electron chi connectivity index (χ4n) is 2.19. The molecule has 0 radical (unpaired) electrons. The normalized spacial score (nSPS) is 14.6. The molecule has 17 heavy (non-hydrogen) atoms. The van der Waals surface area contributed by atoms with Crippen molar-refractivity contribution in [2.45, 2.75) is 25.9 Å². The van der Waals surface area contributed by atoms with E-state index in [-0.39, 0.29) is 5.97 Å². The smallest absolute Gasteiger partial charge is 0.305 e. The first-order valence-corrected chi connectivity index (χ1v) is 5.85. The number of nitrogens with zero attached hydrogens (tertiary/aromatic N) is 1. The fourth-order valence-corrected chi connectivity index (χ4v) is 2.19. The van der Waals surface area contributed by atoms with Crippen LogP contribution < -0.4 is 5.73 Å². The molecule has 0 bridgehead atoms. The molecule has 0 atom stereocenters. The van der Waals surface area contributed by atoms with Gasteiger partial charge in [0.15, 0.2) is 0 Å². The number of anilines is 1. The van der Waals surface area contributed by atoms with Gasteiger partial charge in [0.05, 0.1) is 7.11 Å². The zero-order chi connectivity index (χ0) is 12.3. The van der Waals surface area contributed by atoms with Crippen molar-refractivity contribution < 1.29 is 9.53 Å². The predicted molar refractivity (Wildman–Crippen MR) is 66.2 cm³/mol. The summed E-state index contributed by atoms with van der Waals surface area (Å²) < 4.78 is 4.62. The first kappa shape index (κ1) is 11.9. The monoisotopic (exact) mass is 234 g/mol. The van der Waals surface area contributed by atoms with Crippen molar-refractivity contribution in [3.05, 3.63) is 29.3 Å². The van der Waals surface area contributed by atoms with Crippen LogP contribution in [0.4, 0.5) is 5.69 Å². The van der Waals surface area contributed by atoms with E-state index in [1.54, 1.807) is 0 Å². The van der Waals surface area contributed by atoms with Gasteiger partial charge in [0.2, 0.25) is 0 Å². The minimum absolute atomic E-state index is 0.133. The molecule has 92 valence electrons. The molecule has 0 aromatic heterocycles. The average molecular weight is 234 g/mol. The van der Waals surface area contributed by atoms with E-state index < -0.39 is 0 Å². The first-order valence-electron chi connectivity index (χ1n) is 5.85. The third-order valence-electron chi connectivity index (χ3n) is 3.10. The number of nitrogen functional groups attached to an aromatic ring is 1. The van der Waals surface area contributed by atoms with Crippen molar-refractivity contribution >= 4 is 11.7 Å². The van der Waals surface area contributed by atoms with Gasteiger partial charge in [0, 0.05) is 25.2 Å². The van der Waals surface area contributed by atoms with Crippen molar-refractivity contribution in [1.29, 1.82) is 0 Å². The zero-order valence-electron chi connectivity index (χ0n) is 10.1. The van der Waals surface area contributed by atoms with Crippen molar-refractivity contribution in [2.75, 3.05) is 19.4 Å². The highest BCUT2D eigenvalue weighted by Gasteiger charge is 2.18. The van der Waals surface area contributed by atoms with Crippen LogP contribution in [0.25, 0.3) is 0 Å². The third kappa shape index (κ3) is 2.97. The predicted octanol–water partition coefficient (Wildman–Crippen LogP) is 1.54. The highest BCUT2D eigenvalue weighted by atomic mass is 16.5. The van der Waals surface area contributed by atoms with E-state index in [1.807, 2.05) is 12.1 Å². The molecule has 0 fully saturated rings. The molecule has 4 heteroatoms. The molecule has 1 aromatic rings. The Labute approximate surface area is 101 Å². The van der Waals surface area contributed by atoms with Gasteiger partial charge in [-0.05, 0) is 36.2 Å². The highest BCUT2D eigenvalue weighted by molar-refractivity contribution is 5.69. The largest absolute Gasteiger partial charge is 0.469 e.